The fourth-order valence-corrected chi connectivity index (χ4v) is 5.00. The van der Waals surface area contributed by atoms with E-state index in [0.717, 1.165) is 25.7 Å². The molecule has 20 heavy (non-hydrogen) atoms. The van der Waals surface area contributed by atoms with E-state index >= 15 is 0 Å². The number of carbonyl (C=O) groups excluding carboxylic acids is 1. The van der Waals surface area contributed by atoms with E-state index in [1.165, 1.54) is 30.6 Å². The molecule has 1 aromatic heterocycles. The number of carbonyl (C=O) groups is 1. The molecular formula is C15H18Cl2O2S. The van der Waals surface area contributed by atoms with Crippen molar-refractivity contribution in [1.29, 1.82) is 0 Å². The van der Waals surface area contributed by atoms with Crippen molar-refractivity contribution >= 4 is 40.3 Å². The Labute approximate surface area is 133 Å². The molecule has 5 heteroatoms. The van der Waals surface area contributed by atoms with E-state index in [0.29, 0.717) is 20.8 Å². The van der Waals surface area contributed by atoms with E-state index in [-0.39, 0.29) is 17.3 Å². The van der Waals surface area contributed by atoms with Crippen molar-refractivity contribution < 1.29 is 9.53 Å². The van der Waals surface area contributed by atoms with Crippen molar-refractivity contribution in [2.24, 2.45) is 5.92 Å². The molecule has 3 rings (SSSR count). The minimum atomic E-state index is -0.0525. The molecule has 110 valence electrons. The third-order valence-corrected chi connectivity index (χ3v) is 6.04. The van der Waals surface area contributed by atoms with Gasteiger partial charge in [-0.2, -0.15) is 0 Å². The summed E-state index contributed by atoms with van der Waals surface area (Å²) in [5, 5.41) is 0. The summed E-state index contributed by atoms with van der Waals surface area (Å²) in [5.74, 6) is 0.177. The Morgan fingerprint density at radius 3 is 2.70 bits per heavy atom. The van der Waals surface area contributed by atoms with Crippen LogP contribution in [-0.2, 0) is 4.74 Å². The molecule has 1 aliphatic heterocycles. The van der Waals surface area contributed by atoms with E-state index in [2.05, 4.69) is 0 Å². The first-order chi connectivity index (χ1) is 9.60. The summed E-state index contributed by atoms with van der Waals surface area (Å²) >= 11 is 13.3. The van der Waals surface area contributed by atoms with Gasteiger partial charge in [-0.25, -0.2) is 0 Å². The molecule has 0 bridgehead atoms. The number of hydrogen-bond acceptors (Lipinski definition) is 3. The maximum absolute atomic E-state index is 12.7. The van der Waals surface area contributed by atoms with Crippen molar-refractivity contribution in [3.8, 4) is 0 Å². The van der Waals surface area contributed by atoms with Gasteiger partial charge in [-0.1, -0.05) is 42.5 Å². The second-order valence-electron chi connectivity index (χ2n) is 5.88. The maximum Gasteiger partial charge on any atom is 0.168 e. The molecule has 0 radical (unpaired) electrons. The number of ketones is 1. The van der Waals surface area contributed by atoms with Crippen molar-refractivity contribution in [1.82, 2.24) is 0 Å². The predicted octanol–water partition coefficient (Wildman–Crippen LogP) is 5.37. The zero-order valence-corrected chi connectivity index (χ0v) is 13.6. The summed E-state index contributed by atoms with van der Waals surface area (Å²) in [6.07, 6.45) is 7.54. The van der Waals surface area contributed by atoms with Crippen LogP contribution in [0.3, 0.4) is 0 Å². The molecule has 1 saturated heterocycles. The molecule has 2 heterocycles. The van der Waals surface area contributed by atoms with Crippen LogP contribution in [0.4, 0.5) is 0 Å². The third-order valence-electron chi connectivity index (χ3n) is 4.55. The zero-order valence-electron chi connectivity index (χ0n) is 11.3. The molecule has 2 fully saturated rings. The molecule has 2 aliphatic rings. The standard InChI is InChI=1S/C15H18Cl2O2S/c16-12-8-11(14(17)20-12)13(18)10-4-7-19-15(9-10)5-2-1-3-6-15/h8,10H,1-7,9H2. The summed E-state index contributed by atoms with van der Waals surface area (Å²) in [7, 11) is 0. The molecular weight excluding hydrogens is 315 g/mol. The van der Waals surface area contributed by atoms with Gasteiger partial charge in [0.05, 0.1) is 9.94 Å². The molecule has 1 spiro atoms. The van der Waals surface area contributed by atoms with Crippen LogP contribution in [0.2, 0.25) is 8.67 Å². The lowest BCUT2D eigenvalue weighted by molar-refractivity contribution is -0.111. The Hall–Kier alpha value is -0.0900. The monoisotopic (exact) mass is 332 g/mol. The minimum absolute atomic E-state index is 0.0324. The Balaban J connectivity index is 1.76. The normalized spacial score (nSPS) is 25.8. The van der Waals surface area contributed by atoms with Crippen LogP contribution in [0.15, 0.2) is 6.07 Å². The summed E-state index contributed by atoms with van der Waals surface area (Å²) in [6, 6.07) is 1.71. The lowest BCUT2D eigenvalue weighted by Crippen LogP contribution is -2.43. The molecule has 2 nitrogen and oxygen atoms in total. The number of hydrogen-bond donors (Lipinski definition) is 0. The number of thiophene rings is 1. The first-order valence-electron chi connectivity index (χ1n) is 7.23. The summed E-state index contributed by atoms with van der Waals surface area (Å²) in [5.41, 5.74) is 0.544. The summed E-state index contributed by atoms with van der Waals surface area (Å²) in [6.45, 7) is 0.686. The average molecular weight is 333 g/mol. The predicted molar refractivity (Wildman–Crippen MR) is 83.2 cm³/mol. The number of ether oxygens (including phenoxy) is 1. The second kappa shape index (κ2) is 5.96. The van der Waals surface area contributed by atoms with Gasteiger partial charge in [-0.3, -0.25) is 4.79 Å². The molecule has 1 atom stereocenters. The molecule has 1 aromatic rings. The SMILES string of the molecule is O=C(c1cc(Cl)sc1Cl)C1CCOC2(CCCCC2)C1. The molecule has 0 amide bonds. The van der Waals surface area contributed by atoms with E-state index < -0.39 is 0 Å². The first-order valence-corrected chi connectivity index (χ1v) is 8.80. The molecule has 1 aliphatic carbocycles. The number of Topliss-reactive ketones (excluding diaryl/α,β-unsaturated/α-hetero) is 1. The summed E-state index contributed by atoms with van der Waals surface area (Å²) < 4.78 is 7.15. The highest BCUT2D eigenvalue weighted by Crippen LogP contribution is 2.42. The lowest BCUT2D eigenvalue weighted by atomic mass is 9.74. The van der Waals surface area contributed by atoms with Crippen LogP contribution in [0.5, 0.6) is 0 Å². The largest absolute Gasteiger partial charge is 0.375 e. The van der Waals surface area contributed by atoms with Crippen LogP contribution in [0.25, 0.3) is 0 Å². The zero-order chi connectivity index (χ0) is 14.2. The van der Waals surface area contributed by atoms with Crippen LogP contribution in [0, 0.1) is 5.92 Å². The maximum atomic E-state index is 12.7. The summed E-state index contributed by atoms with van der Waals surface area (Å²) in [4.78, 5) is 12.7. The minimum Gasteiger partial charge on any atom is -0.375 e. The fourth-order valence-electron chi connectivity index (χ4n) is 3.52. The van der Waals surface area contributed by atoms with Crippen molar-refractivity contribution in [2.45, 2.75) is 50.5 Å². The van der Waals surface area contributed by atoms with Gasteiger partial charge in [0.1, 0.15) is 4.34 Å². The van der Waals surface area contributed by atoms with Gasteiger partial charge in [0.25, 0.3) is 0 Å². The van der Waals surface area contributed by atoms with Crippen LogP contribution < -0.4 is 0 Å². The molecule has 0 aromatic carbocycles. The van der Waals surface area contributed by atoms with Gasteiger partial charge in [0, 0.05) is 18.1 Å². The van der Waals surface area contributed by atoms with Crippen LogP contribution >= 0.6 is 34.5 Å². The lowest BCUT2D eigenvalue weighted by Gasteiger charge is -2.43. The fraction of sp³-hybridized carbons (Fsp3) is 0.667. The highest BCUT2D eigenvalue weighted by Gasteiger charge is 2.41. The quantitative estimate of drug-likeness (QED) is 0.680. The van der Waals surface area contributed by atoms with Crippen LogP contribution in [0.1, 0.15) is 55.3 Å². The van der Waals surface area contributed by atoms with Crippen molar-refractivity contribution in [3.63, 3.8) is 0 Å². The Morgan fingerprint density at radius 1 is 1.30 bits per heavy atom. The van der Waals surface area contributed by atoms with Crippen molar-refractivity contribution in [2.75, 3.05) is 6.61 Å². The molecule has 1 saturated carbocycles. The van der Waals surface area contributed by atoms with Gasteiger partial charge in [0.2, 0.25) is 0 Å². The average Bonchev–Trinajstić information content (AvgIpc) is 2.78. The van der Waals surface area contributed by atoms with E-state index in [1.54, 1.807) is 6.07 Å². The number of halogens is 2. The van der Waals surface area contributed by atoms with Gasteiger partial charge >= 0.3 is 0 Å². The highest BCUT2D eigenvalue weighted by atomic mass is 35.5. The van der Waals surface area contributed by atoms with Gasteiger partial charge in [-0.15, -0.1) is 11.3 Å². The molecule has 1 unspecified atom stereocenters. The van der Waals surface area contributed by atoms with Gasteiger partial charge in [-0.05, 0) is 31.7 Å². The first kappa shape index (κ1) is 14.8. The van der Waals surface area contributed by atoms with E-state index in [1.807, 2.05) is 0 Å². The highest BCUT2D eigenvalue weighted by molar-refractivity contribution is 7.20. The topological polar surface area (TPSA) is 26.3 Å². The van der Waals surface area contributed by atoms with E-state index in [9.17, 15) is 4.79 Å². The Bertz CT molecular complexity index is 500. The third kappa shape index (κ3) is 2.92. The van der Waals surface area contributed by atoms with Gasteiger partial charge < -0.3 is 4.74 Å². The van der Waals surface area contributed by atoms with Crippen LogP contribution in [-0.4, -0.2) is 18.0 Å². The van der Waals surface area contributed by atoms with Gasteiger partial charge in [0.15, 0.2) is 5.78 Å². The Morgan fingerprint density at radius 2 is 2.05 bits per heavy atom. The smallest absolute Gasteiger partial charge is 0.168 e. The Kier molecular flexibility index (Phi) is 4.42. The number of rotatable bonds is 2. The second-order valence-corrected chi connectivity index (χ2v) is 8.17. The molecule has 0 N–H and O–H groups in total. The van der Waals surface area contributed by atoms with Crippen molar-refractivity contribution in [3.05, 3.63) is 20.3 Å². The van der Waals surface area contributed by atoms with E-state index in [4.69, 9.17) is 27.9 Å².